The smallest absolute Gasteiger partial charge is 0.354 e. The van der Waals surface area contributed by atoms with Crippen molar-refractivity contribution < 1.29 is 18.0 Å². The number of halogens is 3. The molecule has 0 atom stereocenters. The number of aromatic nitrogens is 4. The van der Waals surface area contributed by atoms with Crippen molar-refractivity contribution >= 4 is 22.6 Å². The van der Waals surface area contributed by atoms with E-state index in [1.165, 1.54) is 0 Å². The molecule has 2 aromatic rings. The average Bonchev–Trinajstić information content (AvgIpc) is 3.23. The Balaban J connectivity index is 1.81. The van der Waals surface area contributed by atoms with Crippen LogP contribution in [0.2, 0.25) is 0 Å². The largest absolute Gasteiger partial charge is 0.452 e. The lowest BCUT2D eigenvalue weighted by atomic mass is 10.2. The van der Waals surface area contributed by atoms with E-state index < -0.39 is 12.0 Å². The van der Waals surface area contributed by atoms with E-state index in [1.54, 1.807) is 17.3 Å². The number of aryl methyl sites for hydroxylation is 1. The lowest BCUT2D eigenvalue weighted by Crippen LogP contribution is -2.35. The van der Waals surface area contributed by atoms with Crippen molar-refractivity contribution in [2.45, 2.75) is 32.4 Å². The number of amides is 1. The fourth-order valence-electron chi connectivity index (χ4n) is 2.12. The van der Waals surface area contributed by atoms with Crippen molar-refractivity contribution in [2.24, 2.45) is 0 Å². The van der Waals surface area contributed by atoms with Crippen LogP contribution in [0.15, 0.2) is 12.4 Å². The van der Waals surface area contributed by atoms with E-state index in [-0.39, 0.29) is 11.0 Å². The van der Waals surface area contributed by atoms with Crippen molar-refractivity contribution in [1.82, 2.24) is 24.9 Å². The molecule has 0 radical (unpaired) electrons. The summed E-state index contributed by atoms with van der Waals surface area (Å²) in [6.45, 7) is 3.16. The van der Waals surface area contributed by atoms with Crippen LogP contribution >= 0.6 is 11.5 Å². The first kappa shape index (κ1) is 19.2. The van der Waals surface area contributed by atoms with Gasteiger partial charge in [0.05, 0.1) is 6.20 Å². The Labute approximate surface area is 146 Å². The molecule has 138 valence electrons. The van der Waals surface area contributed by atoms with Gasteiger partial charge in [-0.25, -0.2) is 0 Å². The minimum atomic E-state index is -4.55. The molecule has 0 aliphatic heterocycles. The zero-order valence-electron chi connectivity index (χ0n) is 13.6. The van der Waals surface area contributed by atoms with Crippen LogP contribution in [0.4, 0.5) is 18.3 Å². The van der Waals surface area contributed by atoms with Gasteiger partial charge in [-0.15, -0.1) is 0 Å². The predicted molar refractivity (Wildman–Crippen MR) is 87.3 cm³/mol. The standard InChI is InChI=1S/C14H19F3N6OS/c1-2-6-23(13-21-12(22-25-13)14(15,16)17)7-5-18-11(24)4-3-10-8-19-20-9-10/h8-9H,2-7H2,1H3,(H,18,24)(H,19,20). The third kappa shape index (κ3) is 6.00. The molecular formula is C14H19F3N6OS. The Morgan fingerprint density at radius 3 is 2.80 bits per heavy atom. The molecule has 25 heavy (non-hydrogen) atoms. The number of anilines is 1. The average molecular weight is 376 g/mol. The van der Waals surface area contributed by atoms with Gasteiger partial charge in [0.15, 0.2) is 0 Å². The van der Waals surface area contributed by atoms with Crippen molar-refractivity contribution in [3.8, 4) is 0 Å². The van der Waals surface area contributed by atoms with Crippen LogP contribution in [0.25, 0.3) is 0 Å². The van der Waals surface area contributed by atoms with Crippen LogP contribution in [0.3, 0.4) is 0 Å². The number of H-pyrrole nitrogens is 1. The molecule has 2 heterocycles. The third-order valence-corrected chi connectivity index (χ3v) is 4.11. The molecule has 11 heteroatoms. The van der Waals surface area contributed by atoms with Gasteiger partial charge in [0, 0.05) is 43.8 Å². The number of carbonyl (C=O) groups excluding carboxylic acids is 1. The lowest BCUT2D eigenvalue weighted by molar-refractivity contribution is -0.144. The molecule has 0 fully saturated rings. The van der Waals surface area contributed by atoms with Crippen LogP contribution in [0.5, 0.6) is 0 Å². The number of nitrogens with one attached hydrogen (secondary N) is 2. The number of hydrogen-bond acceptors (Lipinski definition) is 6. The zero-order chi connectivity index (χ0) is 18.3. The van der Waals surface area contributed by atoms with E-state index in [2.05, 4.69) is 24.9 Å². The first-order valence-corrected chi connectivity index (χ1v) is 8.57. The number of nitrogens with zero attached hydrogens (tertiary/aromatic N) is 4. The molecule has 0 unspecified atom stereocenters. The second-order valence-electron chi connectivity index (χ2n) is 5.34. The minimum absolute atomic E-state index is 0.120. The van der Waals surface area contributed by atoms with Gasteiger partial charge in [-0.05, 0) is 18.4 Å². The van der Waals surface area contributed by atoms with Crippen molar-refractivity contribution in [3.63, 3.8) is 0 Å². The van der Waals surface area contributed by atoms with Crippen LogP contribution in [-0.2, 0) is 17.4 Å². The first-order chi connectivity index (χ1) is 11.9. The molecule has 0 bridgehead atoms. The number of hydrogen-bond donors (Lipinski definition) is 2. The Bertz CT molecular complexity index is 658. The summed E-state index contributed by atoms with van der Waals surface area (Å²) in [4.78, 5) is 17.1. The molecule has 0 aliphatic carbocycles. The Kier molecular flexibility index (Phi) is 6.73. The van der Waals surface area contributed by atoms with E-state index in [9.17, 15) is 18.0 Å². The van der Waals surface area contributed by atoms with Gasteiger partial charge in [0.25, 0.3) is 0 Å². The van der Waals surface area contributed by atoms with Crippen LogP contribution < -0.4 is 10.2 Å². The maximum atomic E-state index is 12.6. The SMILES string of the molecule is CCCN(CCNC(=O)CCc1cn[nH]c1)c1nc(C(F)(F)F)ns1. The van der Waals surface area contributed by atoms with Gasteiger partial charge >= 0.3 is 6.18 Å². The summed E-state index contributed by atoms with van der Waals surface area (Å²) in [7, 11) is 0. The second-order valence-corrected chi connectivity index (χ2v) is 6.07. The molecule has 2 rings (SSSR count). The van der Waals surface area contributed by atoms with E-state index in [0.717, 1.165) is 12.0 Å². The molecule has 0 spiro atoms. The number of aromatic amines is 1. The Morgan fingerprint density at radius 2 is 2.20 bits per heavy atom. The highest BCUT2D eigenvalue weighted by Gasteiger charge is 2.36. The fraction of sp³-hybridized carbons (Fsp3) is 0.571. The third-order valence-electron chi connectivity index (χ3n) is 3.33. The first-order valence-electron chi connectivity index (χ1n) is 7.80. The van der Waals surface area contributed by atoms with Gasteiger partial charge in [-0.2, -0.15) is 27.6 Å². The van der Waals surface area contributed by atoms with Crippen molar-refractivity contribution in [2.75, 3.05) is 24.5 Å². The fourth-order valence-corrected chi connectivity index (χ4v) is 2.86. The molecular weight excluding hydrogens is 357 g/mol. The number of alkyl halides is 3. The van der Waals surface area contributed by atoms with Gasteiger partial charge in [-0.3, -0.25) is 9.89 Å². The number of rotatable bonds is 9. The Hall–Kier alpha value is -2.17. The highest BCUT2D eigenvalue weighted by Crippen LogP contribution is 2.30. The van der Waals surface area contributed by atoms with Gasteiger partial charge in [-0.1, -0.05) is 6.92 Å². The van der Waals surface area contributed by atoms with Crippen LogP contribution in [0, 0.1) is 0 Å². The molecule has 2 N–H and O–H groups in total. The van der Waals surface area contributed by atoms with E-state index in [0.29, 0.717) is 44.0 Å². The predicted octanol–water partition coefficient (Wildman–Crippen LogP) is 2.25. The molecule has 7 nitrogen and oxygen atoms in total. The van der Waals surface area contributed by atoms with Crippen molar-refractivity contribution in [1.29, 1.82) is 0 Å². The highest BCUT2D eigenvalue weighted by atomic mass is 32.1. The van der Waals surface area contributed by atoms with E-state index >= 15 is 0 Å². The second kappa shape index (κ2) is 8.79. The number of carbonyl (C=O) groups is 1. The summed E-state index contributed by atoms with van der Waals surface area (Å²) in [6, 6.07) is 0. The maximum Gasteiger partial charge on any atom is 0.452 e. The molecule has 0 saturated heterocycles. The van der Waals surface area contributed by atoms with Crippen LogP contribution in [-0.4, -0.2) is 45.1 Å². The molecule has 0 saturated carbocycles. The normalized spacial score (nSPS) is 11.5. The molecule has 1 amide bonds. The summed E-state index contributed by atoms with van der Waals surface area (Å²) in [5.74, 6) is -1.25. The van der Waals surface area contributed by atoms with Gasteiger partial charge < -0.3 is 10.2 Å². The topological polar surface area (TPSA) is 86.8 Å². The van der Waals surface area contributed by atoms with Crippen molar-refractivity contribution in [3.05, 3.63) is 23.8 Å². The van der Waals surface area contributed by atoms with Gasteiger partial charge in [0.1, 0.15) is 0 Å². The Morgan fingerprint density at radius 1 is 1.40 bits per heavy atom. The zero-order valence-corrected chi connectivity index (χ0v) is 14.5. The molecule has 0 aromatic carbocycles. The quantitative estimate of drug-likeness (QED) is 0.701. The summed E-state index contributed by atoms with van der Waals surface area (Å²) in [5, 5.41) is 9.45. The van der Waals surface area contributed by atoms with Gasteiger partial charge in [0.2, 0.25) is 16.9 Å². The molecule has 0 aliphatic rings. The van der Waals surface area contributed by atoms with Crippen LogP contribution in [0.1, 0.15) is 31.2 Å². The van der Waals surface area contributed by atoms with E-state index in [4.69, 9.17) is 0 Å². The highest BCUT2D eigenvalue weighted by molar-refractivity contribution is 7.09. The summed E-state index contributed by atoms with van der Waals surface area (Å²) in [5.41, 5.74) is 0.941. The maximum absolute atomic E-state index is 12.6. The summed E-state index contributed by atoms with van der Waals surface area (Å²) >= 11 is 0.714. The summed E-state index contributed by atoms with van der Waals surface area (Å²) in [6.07, 6.45) is 0.480. The molecule has 2 aromatic heterocycles. The lowest BCUT2D eigenvalue weighted by Gasteiger charge is -2.20. The minimum Gasteiger partial charge on any atom is -0.354 e. The summed E-state index contributed by atoms with van der Waals surface area (Å²) < 4.78 is 41.2. The van der Waals surface area contributed by atoms with E-state index in [1.807, 2.05) is 6.92 Å². The monoisotopic (exact) mass is 376 g/mol.